The maximum Gasteiger partial charge on any atom is 0.244 e. The fourth-order valence-corrected chi connectivity index (χ4v) is 6.27. The Balaban J connectivity index is 1.96. The van der Waals surface area contributed by atoms with Gasteiger partial charge >= 0.3 is 0 Å². The lowest BCUT2D eigenvalue weighted by molar-refractivity contribution is 0.329. The van der Waals surface area contributed by atoms with Gasteiger partial charge in [-0.25, -0.2) is 8.42 Å². The number of sulfonamides is 1. The molecule has 0 spiro atoms. The maximum atomic E-state index is 12.8. The van der Waals surface area contributed by atoms with Crippen LogP contribution in [-0.4, -0.2) is 19.3 Å². The summed E-state index contributed by atoms with van der Waals surface area (Å²) in [5.74, 6) is 0. The highest BCUT2D eigenvalue weighted by Crippen LogP contribution is 2.36. The Kier molecular flexibility index (Phi) is 3.72. The van der Waals surface area contributed by atoms with Gasteiger partial charge in [0.05, 0.1) is 4.90 Å². The van der Waals surface area contributed by atoms with Crippen LogP contribution >= 0.6 is 22.7 Å². The van der Waals surface area contributed by atoms with Gasteiger partial charge in [-0.3, -0.25) is 0 Å². The number of fused-ring (bicyclic) bond motifs is 1. The second-order valence-electron chi connectivity index (χ2n) is 4.79. The number of hydrogen-bond donors (Lipinski definition) is 1. The van der Waals surface area contributed by atoms with E-state index in [0.29, 0.717) is 18.0 Å². The van der Waals surface area contributed by atoms with E-state index in [0.717, 1.165) is 16.9 Å². The lowest BCUT2D eigenvalue weighted by Gasteiger charge is -2.32. The molecule has 1 atom stereocenters. The summed E-state index contributed by atoms with van der Waals surface area (Å²) in [6, 6.07) is 3.62. The summed E-state index contributed by atoms with van der Waals surface area (Å²) in [4.78, 5) is 2.56. The van der Waals surface area contributed by atoms with Crippen molar-refractivity contribution in [3.05, 3.63) is 38.2 Å². The van der Waals surface area contributed by atoms with Gasteiger partial charge < -0.3 is 5.73 Å². The molecule has 0 aromatic carbocycles. The summed E-state index contributed by atoms with van der Waals surface area (Å²) >= 11 is 3.11. The van der Waals surface area contributed by atoms with E-state index in [1.165, 1.54) is 16.2 Å². The van der Waals surface area contributed by atoms with E-state index in [4.69, 9.17) is 5.73 Å². The summed E-state index contributed by atoms with van der Waals surface area (Å²) in [6.07, 6.45) is 0.796. The molecule has 1 unspecified atom stereocenters. The van der Waals surface area contributed by atoms with Crippen LogP contribution in [0, 0.1) is 0 Å². The van der Waals surface area contributed by atoms with Crippen LogP contribution in [0.2, 0.25) is 0 Å². The normalized spacial score (nSPS) is 20.0. The molecule has 2 aromatic rings. The van der Waals surface area contributed by atoms with Crippen molar-refractivity contribution < 1.29 is 8.42 Å². The molecule has 2 N–H and O–H groups in total. The number of hydrogen-bond acceptors (Lipinski definition) is 5. The van der Waals surface area contributed by atoms with Gasteiger partial charge in [-0.05, 0) is 36.4 Å². The van der Waals surface area contributed by atoms with Crippen LogP contribution in [0.15, 0.2) is 27.8 Å². The van der Waals surface area contributed by atoms with Gasteiger partial charge in [0.2, 0.25) is 10.0 Å². The first kappa shape index (κ1) is 14.2. The van der Waals surface area contributed by atoms with Crippen molar-refractivity contribution >= 4 is 32.7 Å². The molecule has 4 nitrogen and oxygen atoms in total. The molecule has 1 aliphatic rings. The Morgan fingerprint density at radius 1 is 1.45 bits per heavy atom. The van der Waals surface area contributed by atoms with E-state index in [9.17, 15) is 8.42 Å². The SMILES string of the molecule is CC1c2ccsc2CCN1S(=O)(=O)c1csc(CN)c1. The first-order valence-electron chi connectivity index (χ1n) is 6.39. The zero-order chi connectivity index (χ0) is 14.3. The maximum absolute atomic E-state index is 12.8. The highest BCUT2D eigenvalue weighted by atomic mass is 32.2. The Bertz CT molecular complexity index is 718. The molecule has 3 rings (SSSR count). The standard InChI is InChI=1S/C13H16N2O2S3/c1-9-12-3-5-18-13(12)2-4-15(9)20(16,17)11-6-10(7-14)19-8-11/h3,5-6,8-9H,2,4,7,14H2,1H3. The smallest absolute Gasteiger partial charge is 0.244 e. The van der Waals surface area contributed by atoms with Crippen molar-refractivity contribution in [1.82, 2.24) is 4.31 Å². The Hall–Kier alpha value is -0.730. The van der Waals surface area contributed by atoms with E-state index in [1.807, 2.05) is 18.4 Å². The fraction of sp³-hybridized carbons (Fsp3) is 0.385. The third-order valence-electron chi connectivity index (χ3n) is 3.66. The van der Waals surface area contributed by atoms with Gasteiger partial charge in [-0.15, -0.1) is 22.7 Å². The third-order valence-corrected chi connectivity index (χ3v) is 7.71. The van der Waals surface area contributed by atoms with Gasteiger partial charge in [0.15, 0.2) is 0 Å². The third kappa shape index (κ3) is 2.23. The van der Waals surface area contributed by atoms with Crippen LogP contribution in [-0.2, 0) is 23.0 Å². The Morgan fingerprint density at radius 2 is 2.25 bits per heavy atom. The summed E-state index contributed by atoms with van der Waals surface area (Å²) in [5.41, 5.74) is 6.70. The zero-order valence-electron chi connectivity index (χ0n) is 11.1. The summed E-state index contributed by atoms with van der Waals surface area (Å²) in [6.45, 7) is 2.88. The molecule has 0 bridgehead atoms. The first-order chi connectivity index (χ1) is 9.54. The number of nitrogens with two attached hydrogens (primary N) is 1. The van der Waals surface area contributed by atoms with Crippen LogP contribution in [0.1, 0.15) is 28.3 Å². The lowest BCUT2D eigenvalue weighted by Crippen LogP contribution is -2.38. The summed E-state index contributed by atoms with van der Waals surface area (Å²) in [7, 11) is -3.43. The minimum absolute atomic E-state index is 0.101. The molecule has 7 heteroatoms. The van der Waals surface area contributed by atoms with Gasteiger partial charge in [0.1, 0.15) is 0 Å². The summed E-state index contributed by atoms with van der Waals surface area (Å²) < 4.78 is 27.1. The van der Waals surface area contributed by atoms with Gasteiger partial charge in [-0.1, -0.05) is 0 Å². The van der Waals surface area contributed by atoms with Gasteiger partial charge in [0.25, 0.3) is 0 Å². The molecule has 108 valence electrons. The van der Waals surface area contributed by atoms with Crippen LogP contribution in [0.25, 0.3) is 0 Å². The predicted molar refractivity (Wildman–Crippen MR) is 82.5 cm³/mol. The quantitative estimate of drug-likeness (QED) is 0.942. The Morgan fingerprint density at radius 3 is 2.95 bits per heavy atom. The molecule has 0 saturated heterocycles. The molecule has 0 saturated carbocycles. The van der Waals surface area contributed by atoms with Crippen molar-refractivity contribution in [2.75, 3.05) is 6.54 Å². The van der Waals surface area contributed by atoms with Crippen LogP contribution in [0.3, 0.4) is 0 Å². The number of rotatable bonds is 3. The molecular weight excluding hydrogens is 312 g/mol. The van der Waals surface area contributed by atoms with Crippen LogP contribution in [0.4, 0.5) is 0 Å². The molecule has 0 fully saturated rings. The first-order valence-corrected chi connectivity index (χ1v) is 9.59. The van der Waals surface area contributed by atoms with Crippen molar-refractivity contribution in [1.29, 1.82) is 0 Å². The molecule has 0 aliphatic carbocycles. The molecule has 2 aromatic heterocycles. The molecule has 0 radical (unpaired) electrons. The largest absolute Gasteiger partial charge is 0.326 e. The van der Waals surface area contributed by atoms with Crippen molar-refractivity contribution in [2.24, 2.45) is 5.73 Å². The van der Waals surface area contributed by atoms with Crippen molar-refractivity contribution in [2.45, 2.75) is 30.8 Å². The minimum Gasteiger partial charge on any atom is -0.326 e. The molecular formula is C13H16N2O2S3. The van der Waals surface area contributed by atoms with E-state index >= 15 is 0 Å². The fourth-order valence-electron chi connectivity index (χ4n) is 2.55. The van der Waals surface area contributed by atoms with Crippen LogP contribution < -0.4 is 5.73 Å². The number of nitrogens with zero attached hydrogens (tertiary/aromatic N) is 1. The highest BCUT2D eigenvalue weighted by Gasteiger charge is 2.34. The highest BCUT2D eigenvalue weighted by molar-refractivity contribution is 7.89. The van der Waals surface area contributed by atoms with Gasteiger partial charge in [0, 0.05) is 34.3 Å². The molecule has 20 heavy (non-hydrogen) atoms. The Labute approximate surface area is 126 Å². The van der Waals surface area contributed by atoms with Crippen molar-refractivity contribution in [3.63, 3.8) is 0 Å². The molecule has 1 aliphatic heterocycles. The minimum atomic E-state index is -3.43. The van der Waals surface area contributed by atoms with E-state index in [2.05, 4.69) is 0 Å². The zero-order valence-corrected chi connectivity index (χ0v) is 13.5. The second kappa shape index (κ2) is 5.23. The lowest BCUT2D eigenvalue weighted by atomic mass is 10.0. The van der Waals surface area contributed by atoms with Crippen molar-refractivity contribution in [3.8, 4) is 0 Å². The average molecular weight is 328 g/mol. The molecule has 0 amide bonds. The van der Waals surface area contributed by atoms with Gasteiger partial charge in [-0.2, -0.15) is 4.31 Å². The monoisotopic (exact) mass is 328 g/mol. The van der Waals surface area contributed by atoms with E-state index < -0.39 is 10.0 Å². The van der Waals surface area contributed by atoms with E-state index in [-0.39, 0.29) is 6.04 Å². The average Bonchev–Trinajstić information content (AvgIpc) is 3.08. The number of thiophene rings is 2. The second-order valence-corrected chi connectivity index (χ2v) is 8.68. The summed E-state index contributed by atoms with van der Waals surface area (Å²) in [5, 5.41) is 3.72. The predicted octanol–water partition coefficient (Wildman–Crippen LogP) is 2.58. The van der Waals surface area contributed by atoms with Crippen LogP contribution in [0.5, 0.6) is 0 Å². The topological polar surface area (TPSA) is 63.4 Å². The molecule has 3 heterocycles. The van der Waals surface area contributed by atoms with E-state index in [1.54, 1.807) is 27.1 Å².